The molecular formula is C12H18N2O2. The molecule has 0 aliphatic carbocycles. The first-order valence-electron chi connectivity index (χ1n) is 5.42. The molecule has 0 aliphatic rings. The first kappa shape index (κ1) is 12.5. The van der Waals surface area contributed by atoms with Crippen molar-refractivity contribution in [3.63, 3.8) is 0 Å². The highest BCUT2D eigenvalue weighted by Gasteiger charge is 2.13. The van der Waals surface area contributed by atoms with Crippen LogP contribution in [0.1, 0.15) is 18.9 Å². The number of nitrogens with two attached hydrogens (primary N) is 2. The summed E-state index contributed by atoms with van der Waals surface area (Å²) in [4.78, 5) is 11.0. The van der Waals surface area contributed by atoms with E-state index in [1.165, 1.54) is 0 Å². The topological polar surface area (TPSA) is 78.3 Å². The number of amides is 1. The first-order valence-corrected chi connectivity index (χ1v) is 5.42. The molecule has 4 heteroatoms. The molecule has 0 saturated carbocycles. The molecule has 1 aromatic carbocycles. The molecule has 0 radical (unpaired) electrons. The second kappa shape index (κ2) is 6.12. The summed E-state index contributed by atoms with van der Waals surface area (Å²) in [6.45, 7) is 2.48. The largest absolute Gasteiger partial charge is 0.481 e. The second-order valence-electron chi connectivity index (χ2n) is 3.60. The van der Waals surface area contributed by atoms with E-state index in [1.54, 1.807) is 0 Å². The molecule has 0 aromatic heterocycles. The molecule has 4 nitrogen and oxygen atoms in total. The highest BCUT2D eigenvalue weighted by Crippen LogP contribution is 2.15. The van der Waals surface area contributed by atoms with E-state index in [0.29, 0.717) is 18.7 Å². The van der Waals surface area contributed by atoms with Crippen molar-refractivity contribution in [1.82, 2.24) is 0 Å². The van der Waals surface area contributed by atoms with E-state index >= 15 is 0 Å². The number of rotatable bonds is 6. The minimum absolute atomic E-state index is 0.437. The molecule has 0 fully saturated rings. The number of carbonyl (C=O) groups excluding carboxylic acids is 1. The normalized spacial score (nSPS) is 12.1. The van der Waals surface area contributed by atoms with E-state index in [9.17, 15) is 4.79 Å². The van der Waals surface area contributed by atoms with Gasteiger partial charge in [0.1, 0.15) is 5.75 Å². The summed E-state index contributed by atoms with van der Waals surface area (Å²) < 4.78 is 5.45. The summed E-state index contributed by atoms with van der Waals surface area (Å²) in [6.07, 6.45) is 0.855. The third-order valence-corrected chi connectivity index (χ3v) is 2.32. The third-order valence-electron chi connectivity index (χ3n) is 2.32. The molecule has 0 saturated heterocycles. The minimum atomic E-state index is -0.555. The van der Waals surface area contributed by atoms with Gasteiger partial charge in [0.25, 0.3) is 5.91 Å². The van der Waals surface area contributed by atoms with Crippen molar-refractivity contribution in [2.75, 3.05) is 6.54 Å². The van der Waals surface area contributed by atoms with E-state index in [2.05, 4.69) is 0 Å². The molecule has 1 atom stereocenters. The number of carbonyl (C=O) groups is 1. The maximum Gasteiger partial charge on any atom is 0.258 e. The first-order chi connectivity index (χ1) is 7.67. The summed E-state index contributed by atoms with van der Waals surface area (Å²) in [6, 6.07) is 7.54. The van der Waals surface area contributed by atoms with E-state index in [1.807, 2.05) is 31.2 Å². The average molecular weight is 222 g/mol. The molecule has 0 aliphatic heterocycles. The Bertz CT molecular complexity index is 335. The summed E-state index contributed by atoms with van der Waals surface area (Å²) in [5.41, 5.74) is 11.8. The van der Waals surface area contributed by atoms with Crippen molar-refractivity contribution >= 4 is 5.91 Å². The van der Waals surface area contributed by atoms with Crippen molar-refractivity contribution in [2.24, 2.45) is 11.5 Å². The molecule has 4 N–H and O–H groups in total. The Labute approximate surface area is 95.6 Å². The van der Waals surface area contributed by atoms with Gasteiger partial charge in [0.05, 0.1) is 0 Å². The molecule has 1 unspecified atom stereocenters. The van der Waals surface area contributed by atoms with Gasteiger partial charge >= 0.3 is 0 Å². The molecule has 0 bridgehead atoms. The molecular weight excluding hydrogens is 204 g/mol. The molecule has 1 amide bonds. The highest BCUT2D eigenvalue weighted by molar-refractivity contribution is 5.79. The average Bonchev–Trinajstić information content (AvgIpc) is 2.28. The standard InChI is InChI=1S/C12H18N2O2/c1-2-11(12(14)15)16-10-5-3-9(4-6-10)7-8-13/h3-6,11H,2,7-8,13H2,1H3,(H2,14,15). The number of hydrogen-bond acceptors (Lipinski definition) is 3. The lowest BCUT2D eigenvalue weighted by atomic mass is 10.1. The van der Waals surface area contributed by atoms with Crippen molar-refractivity contribution in [1.29, 1.82) is 0 Å². The fourth-order valence-electron chi connectivity index (χ4n) is 1.41. The third kappa shape index (κ3) is 3.55. The summed E-state index contributed by atoms with van der Waals surface area (Å²) in [5.74, 6) is 0.222. The zero-order chi connectivity index (χ0) is 12.0. The number of ether oxygens (including phenoxy) is 1. The predicted octanol–water partition coefficient (Wildman–Crippen LogP) is 0.831. The van der Waals surface area contributed by atoms with E-state index in [4.69, 9.17) is 16.2 Å². The summed E-state index contributed by atoms with van der Waals surface area (Å²) in [5, 5.41) is 0. The molecule has 0 spiro atoms. The Morgan fingerprint density at radius 2 is 2.00 bits per heavy atom. The fraction of sp³-hybridized carbons (Fsp3) is 0.417. The monoisotopic (exact) mass is 222 g/mol. The Kier molecular flexibility index (Phi) is 4.79. The maximum absolute atomic E-state index is 11.0. The lowest BCUT2D eigenvalue weighted by Crippen LogP contribution is -2.32. The van der Waals surface area contributed by atoms with Crippen molar-refractivity contribution in [2.45, 2.75) is 25.9 Å². The van der Waals surface area contributed by atoms with Crippen molar-refractivity contribution in [3.8, 4) is 5.75 Å². The van der Waals surface area contributed by atoms with Gasteiger partial charge in [-0.1, -0.05) is 19.1 Å². The smallest absolute Gasteiger partial charge is 0.258 e. The second-order valence-corrected chi connectivity index (χ2v) is 3.60. The van der Waals surface area contributed by atoms with Crippen LogP contribution in [0.3, 0.4) is 0 Å². The van der Waals surface area contributed by atoms with Gasteiger partial charge in [-0.2, -0.15) is 0 Å². The van der Waals surface area contributed by atoms with Crippen LogP contribution in [0.5, 0.6) is 5.75 Å². The lowest BCUT2D eigenvalue weighted by Gasteiger charge is -2.14. The van der Waals surface area contributed by atoms with Gasteiger partial charge in [-0.3, -0.25) is 4.79 Å². The molecule has 88 valence electrons. The van der Waals surface area contributed by atoms with Gasteiger partial charge < -0.3 is 16.2 Å². The Balaban J connectivity index is 2.63. The van der Waals surface area contributed by atoms with Crippen LogP contribution < -0.4 is 16.2 Å². The van der Waals surface area contributed by atoms with Crippen molar-refractivity contribution < 1.29 is 9.53 Å². The van der Waals surface area contributed by atoms with Crippen LogP contribution in [0.25, 0.3) is 0 Å². The summed E-state index contributed by atoms with van der Waals surface area (Å²) in [7, 11) is 0. The zero-order valence-electron chi connectivity index (χ0n) is 9.48. The van der Waals surface area contributed by atoms with E-state index in [-0.39, 0.29) is 0 Å². The SMILES string of the molecule is CCC(Oc1ccc(CCN)cc1)C(N)=O. The minimum Gasteiger partial charge on any atom is -0.481 e. The lowest BCUT2D eigenvalue weighted by molar-refractivity contribution is -0.124. The van der Waals surface area contributed by atoms with Crippen LogP contribution in [0.4, 0.5) is 0 Å². The molecule has 16 heavy (non-hydrogen) atoms. The molecule has 0 heterocycles. The predicted molar refractivity (Wildman–Crippen MR) is 63.1 cm³/mol. The van der Waals surface area contributed by atoms with Crippen LogP contribution in [-0.4, -0.2) is 18.6 Å². The van der Waals surface area contributed by atoms with Crippen LogP contribution >= 0.6 is 0 Å². The van der Waals surface area contributed by atoms with Gasteiger partial charge in [0.15, 0.2) is 6.10 Å². The Hall–Kier alpha value is -1.55. The van der Waals surface area contributed by atoms with Gasteiger partial charge in [0.2, 0.25) is 0 Å². The van der Waals surface area contributed by atoms with E-state index < -0.39 is 12.0 Å². The quantitative estimate of drug-likeness (QED) is 0.748. The maximum atomic E-state index is 11.0. The zero-order valence-corrected chi connectivity index (χ0v) is 9.48. The molecule has 1 rings (SSSR count). The highest BCUT2D eigenvalue weighted by atomic mass is 16.5. The van der Waals surface area contributed by atoms with Crippen molar-refractivity contribution in [3.05, 3.63) is 29.8 Å². The van der Waals surface area contributed by atoms with Gasteiger partial charge in [-0.05, 0) is 37.1 Å². The van der Waals surface area contributed by atoms with Crippen LogP contribution in [0.15, 0.2) is 24.3 Å². The van der Waals surface area contributed by atoms with Gasteiger partial charge in [-0.25, -0.2) is 0 Å². The summed E-state index contributed by atoms with van der Waals surface area (Å²) >= 11 is 0. The van der Waals surface area contributed by atoms with Gasteiger partial charge in [0, 0.05) is 0 Å². The van der Waals surface area contributed by atoms with Gasteiger partial charge in [-0.15, -0.1) is 0 Å². The Morgan fingerprint density at radius 3 is 2.44 bits per heavy atom. The Morgan fingerprint density at radius 1 is 1.38 bits per heavy atom. The van der Waals surface area contributed by atoms with Crippen LogP contribution in [0.2, 0.25) is 0 Å². The number of benzene rings is 1. The molecule has 1 aromatic rings. The number of primary amides is 1. The van der Waals surface area contributed by atoms with E-state index in [0.717, 1.165) is 12.0 Å². The van der Waals surface area contributed by atoms with Crippen LogP contribution in [0, 0.1) is 0 Å². The van der Waals surface area contributed by atoms with Crippen LogP contribution in [-0.2, 0) is 11.2 Å². The fourth-order valence-corrected chi connectivity index (χ4v) is 1.41. The number of hydrogen-bond donors (Lipinski definition) is 2.